The van der Waals surface area contributed by atoms with Crippen molar-refractivity contribution in [2.45, 2.75) is 24.8 Å². The highest BCUT2D eigenvalue weighted by Gasteiger charge is 2.16. The van der Waals surface area contributed by atoms with Gasteiger partial charge in [-0.15, -0.1) is 0 Å². The van der Waals surface area contributed by atoms with Crippen LogP contribution >= 0.6 is 15.9 Å². The van der Waals surface area contributed by atoms with Crippen molar-refractivity contribution in [2.24, 2.45) is 0 Å². The highest BCUT2D eigenvalue weighted by Crippen LogP contribution is 2.21. The van der Waals surface area contributed by atoms with E-state index in [1.165, 1.54) is 12.5 Å². The highest BCUT2D eigenvalue weighted by molar-refractivity contribution is 9.10. The van der Waals surface area contributed by atoms with Crippen LogP contribution in [0.25, 0.3) is 0 Å². The summed E-state index contributed by atoms with van der Waals surface area (Å²) in [6, 6.07) is 0. The number of nitrogens with zero attached hydrogens (tertiary/aromatic N) is 2. The molecule has 0 aliphatic heterocycles. The second kappa shape index (κ2) is 3.79. The Hall–Kier alpha value is -0.360. The van der Waals surface area contributed by atoms with Crippen LogP contribution in [-0.2, 0) is 16.4 Å². The lowest BCUT2D eigenvalue weighted by Gasteiger charge is -2.00. The van der Waals surface area contributed by atoms with Crippen LogP contribution in [0.15, 0.2) is 15.7 Å². The van der Waals surface area contributed by atoms with Crippen molar-refractivity contribution in [1.82, 2.24) is 9.78 Å². The van der Waals surface area contributed by atoms with Gasteiger partial charge in [0.25, 0.3) is 0 Å². The molecule has 74 valence electrons. The molecule has 0 fully saturated rings. The Balaban J connectivity index is 3.14. The molecule has 0 saturated carbocycles. The Morgan fingerprint density at radius 1 is 1.62 bits per heavy atom. The largest absolute Gasteiger partial charge is 0.257 e. The number of rotatable bonds is 3. The summed E-state index contributed by atoms with van der Waals surface area (Å²) in [5.74, 6) is 0. The molecule has 1 aromatic rings. The third kappa shape index (κ3) is 2.31. The van der Waals surface area contributed by atoms with Crippen molar-refractivity contribution in [2.75, 3.05) is 6.26 Å². The summed E-state index contributed by atoms with van der Waals surface area (Å²) in [6.07, 6.45) is 3.46. The maximum atomic E-state index is 11.2. The molecule has 1 heterocycles. The Morgan fingerprint density at radius 2 is 2.23 bits per heavy atom. The fourth-order valence-electron chi connectivity index (χ4n) is 0.970. The van der Waals surface area contributed by atoms with E-state index >= 15 is 0 Å². The molecule has 0 N–H and O–H groups in total. The quantitative estimate of drug-likeness (QED) is 0.833. The number of aromatic nitrogens is 2. The van der Waals surface area contributed by atoms with Crippen LogP contribution in [-0.4, -0.2) is 24.5 Å². The zero-order valence-corrected chi connectivity index (χ0v) is 9.89. The van der Waals surface area contributed by atoms with E-state index in [9.17, 15) is 8.42 Å². The number of hydrogen-bond donors (Lipinski definition) is 0. The smallest absolute Gasteiger partial charge is 0.179 e. The SMILES string of the molecule is CCCn1ncc(S(C)(=O)=O)c1Br. The van der Waals surface area contributed by atoms with Crippen LogP contribution in [0, 0.1) is 0 Å². The van der Waals surface area contributed by atoms with E-state index in [2.05, 4.69) is 21.0 Å². The summed E-state index contributed by atoms with van der Waals surface area (Å²) in [4.78, 5) is 0.251. The van der Waals surface area contributed by atoms with Gasteiger partial charge >= 0.3 is 0 Å². The van der Waals surface area contributed by atoms with E-state index in [0.717, 1.165) is 13.0 Å². The molecule has 0 aliphatic rings. The van der Waals surface area contributed by atoms with Gasteiger partial charge in [0, 0.05) is 12.8 Å². The zero-order chi connectivity index (χ0) is 10.1. The minimum absolute atomic E-state index is 0.251. The number of hydrogen-bond acceptors (Lipinski definition) is 3. The minimum Gasteiger partial charge on any atom is -0.257 e. The summed E-state index contributed by atoms with van der Waals surface area (Å²) in [5, 5.41) is 3.96. The molecule has 0 radical (unpaired) electrons. The van der Waals surface area contributed by atoms with Crippen LogP contribution in [0.5, 0.6) is 0 Å². The highest BCUT2D eigenvalue weighted by atomic mass is 79.9. The Morgan fingerprint density at radius 3 is 2.62 bits per heavy atom. The number of halogens is 1. The van der Waals surface area contributed by atoms with Crippen molar-refractivity contribution in [3.8, 4) is 0 Å². The van der Waals surface area contributed by atoms with Gasteiger partial charge in [-0.25, -0.2) is 8.42 Å². The summed E-state index contributed by atoms with van der Waals surface area (Å²) < 4.78 is 24.5. The second-order valence-corrected chi connectivity index (χ2v) is 5.53. The van der Waals surface area contributed by atoms with Crippen molar-refractivity contribution in [3.63, 3.8) is 0 Å². The molecular weight excluding hydrogens is 256 g/mol. The Kier molecular flexibility index (Phi) is 3.13. The van der Waals surface area contributed by atoms with Gasteiger partial charge in [0.2, 0.25) is 0 Å². The van der Waals surface area contributed by atoms with E-state index < -0.39 is 9.84 Å². The molecule has 0 aromatic carbocycles. The summed E-state index contributed by atoms with van der Waals surface area (Å²) in [5.41, 5.74) is 0. The summed E-state index contributed by atoms with van der Waals surface area (Å²) in [7, 11) is -3.16. The van der Waals surface area contributed by atoms with Gasteiger partial charge in [-0.2, -0.15) is 5.10 Å². The third-order valence-corrected chi connectivity index (χ3v) is 3.78. The summed E-state index contributed by atoms with van der Waals surface area (Å²) in [6.45, 7) is 2.73. The maximum Gasteiger partial charge on any atom is 0.179 e. The predicted molar refractivity (Wildman–Crippen MR) is 53.3 cm³/mol. The van der Waals surface area contributed by atoms with E-state index in [1.54, 1.807) is 4.68 Å². The van der Waals surface area contributed by atoms with Crippen molar-refractivity contribution in [1.29, 1.82) is 0 Å². The lowest BCUT2D eigenvalue weighted by Crippen LogP contribution is -2.01. The lowest BCUT2D eigenvalue weighted by molar-refractivity contribution is 0.585. The van der Waals surface area contributed by atoms with Gasteiger partial charge in [-0.1, -0.05) is 6.92 Å². The Labute approximate surface area is 86.0 Å². The molecular formula is C7H11BrN2O2S. The molecule has 6 heteroatoms. The van der Waals surface area contributed by atoms with Gasteiger partial charge in [-0.05, 0) is 22.4 Å². The van der Waals surface area contributed by atoms with Crippen molar-refractivity contribution >= 4 is 25.8 Å². The van der Waals surface area contributed by atoms with Crippen molar-refractivity contribution in [3.05, 3.63) is 10.8 Å². The Bertz CT molecular complexity index is 397. The normalized spacial score (nSPS) is 11.9. The molecule has 0 spiro atoms. The molecule has 0 aliphatic carbocycles. The van der Waals surface area contributed by atoms with Crippen LogP contribution in [0.4, 0.5) is 0 Å². The van der Waals surface area contributed by atoms with E-state index in [4.69, 9.17) is 0 Å². The fraction of sp³-hybridized carbons (Fsp3) is 0.571. The maximum absolute atomic E-state index is 11.2. The van der Waals surface area contributed by atoms with Crippen molar-refractivity contribution < 1.29 is 8.42 Å². The molecule has 0 atom stereocenters. The van der Waals surface area contributed by atoms with E-state index in [1.807, 2.05) is 6.92 Å². The standard InChI is InChI=1S/C7H11BrN2O2S/c1-3-4-10-7(8)6(5-9-10)13(2,11)12/h5H,3-4H2,1-2H3. The number of aryl methyl sites for hydroxylation is 1. The first-order valence-corrected chi connectivity index (χ1v) is 6.56. The lowest BCUT2D eigenvalue weighted by atomic mass is 10.5. The molecule has 4 nitrogen and oxygen atoms in total. The fourth-order valence-corrected chi connectivity index (χ4v) is 2.87. The molecule has 0 bridgehead atoms. The molecule has 1 aromatic heterocycles. The molecule has 0 amide bonds. The monoisotopic (exact) mass is 266 g/mol. The summed E-state index contributed by atoms with van der Waals surface area (Å²) >= 11 is 3.21. The van der Waals surface area contributed by atoms with Gasteiger partial charge in [0.05, 0.1) is 6.20 Å². The third-order valence-electron chi connectivity index (χ3n) is 1.58. The molecule has 13 heavy (non-hydrogen) atoms. The molecule has 1 rings (SSSR count). The van der Waals surface area contributed by atoms with Gasteiger partial charge < -0.3 is 0 Å². The zero-order valence-electron chi connectivity index (χ0n) is 7.49. The topological polar surface area (TPSA) is 52.0 Å². The van der Waals surface area contributed by atoms with E-state index in [0.29, 0.717) is 4.60 Å². The van der Waals surface area contributed by atoms with Gasteiger partial charge in [0.1, 0.15) is 9.50 Å². The van der Waals surface area contributed by atoms with E-state index in [-0.39, 0.29) is 4.90 Å². The van der Waals surface area contributed by atoms with Crippen LogP contribution in [0.2, 0.25) is 0 Å². The van der Waals surface area contributed by atoms with Crippen LogP contribution < -0.4 is 0 Å². The molecule has 0 unspecified atom stereocenters. The average Bonchev–Trinajstić information content (AvgIpc) is 2.32. The molecule has 0 saturated heterocycles. The van der Waals surface area contributed by atoms with Gasteiger partial charge in [-0.3, -0.25) is 4.68 Å². The first-order valence-electron chi connectivity index (χ1n) is 3.88. The number of sulfone groups is 1. The first kappa shape index (κ1) is 10.7. The van der Waals surface area contributed by atoms with Gasteiger partial charge in [0.15, 0.2) is 9.84 Å². The average molecular weight is 267 g/mol. The predicted octanol–water partition coefficient (Wildman–Crippen LogP) is 1.46. The van der Waals surface area contributed by atoms with Crippen LogP contribution in [0.3, 0.4) is 0 Å². The minimum atomic E-state index is -3.16. The first-order chi connectivity index (χ1) is 5.96. The van der Waals surface area contributed by atoms with Crippen LogP contribution in [0.1, 0.15) is 13.3 Å². The second-order valence-electron chi connectivity index (χ2n) is 2.79.